The number of hydrogen-bond acceptors (Lipinski definition) is 3. The van der Waals surface area contributed by atoms with Crippen molar-refractivity contribution in [1.82, 2.24) is 4.57 Å². The Labute approximate surface area is 631 Å². The van der Waals surface area contributed by atoms with Crippen LogP contribution in [-0.2, 0) is 0 Å². The summed E-state index contributed by atoms with van der Waals surface area (Å²) in [5.41, 5.74) is 33.4. The zero-order valence-corrected chi connectivity index (χ0v) is 61.9. The van der Waals surface area contributed by atoms with Crippen molar-refractivity contribution in [2.24, 2.45) is 28.6 Å². The van der Waals surface area contributed by atoms with Crippen LogP contribution in [0, 0.1) is 28.6 Å². The number of benzene rings is 12. The van der Waals surface area contributed by atoms with Gasteiger partial charge in [-0.1, -0.05) is 313 Å². The highest BCUT2D eigenvalue weighted by molar-refractivity contribution is 6.89. The maximum atomic E-state index is 2.85. The molecule has 12 aromatic carbocycles. The smallest absolute Gasteiger partial charge is 0.221 e. The molecule has 2 aliphatic heterocycles. The molecule has 5 heteroatoms. The molecule has 1 aromatic heterocycles. The van der Waals surface area contributed by atoms with E-state index in [1.165, 1.54) is 145 Å². The topological polar surface area (TPSA) is 14.7 Å². The highest BCUT2D eigenvalue weighted by Gasteiger charge is 2.58. The summed E-state index contributed by atoms with van der Waals surface area (Å²) in [6, 6.07) is 115. The zero-order valence-electron chi connectivity index (χ0n) is 61.9. The predicted octanol–water partition coefficient (Wildman–Crippen LogP) is 24.9. The SMILES string of the molecule is CC(C)(C)C1=CC2=C(c3ccc4c(c3)B3c5ccc(-n6c7ccccc7c7ccccc76)cc5N(c5ccc(-c6ccccc6)cc5)C5CC(N(c6ccc(-c7ccccc7)cc6)c6ccc(-c7ccccc7)cc6)CC(C35)N4c3ccc(-c4ccccc4)cc3)C=C3C=C(C(C)(C)C)CC4C=CC(=C1)C2C34. The minimum atomic E-state index is -0.0453. The largest absolute Gasteiger partial charge is 0.339 e. The predicted molar refractivity (Wildman–Crippen MR) is 453 cm³/mol. The normalized spacial score (nSPS) is 20.5. The van der Waals surface area contributed by atoms with Gasteiger partial charge in [-0.25, -0.2) is 0 Å². The van der Waals surface area contributed by atoms with E-state index in [-0.39, 0.29) is 47.4 Å². The van der Waals surface area contributed by atoms with E-state index < -0.39 is 0 Å². The number of nitrogens with zero attached hydrogens (tertiary/aromatic N) is 4. The van der Waals surface area contributed by atoms with Gasteiger partial charge in [0.1, 0.15) is 0 Å². The highest BCUT2D eigenvalue weighted by Crippen LogP contribution is 2.59. The van der Waals surface area contributed by atoms with Crippen molar-refractivity contribution >= 4 is 79.1 Å². The molecular formula is C102H87BN4. The van der Waals surface area contributed by atoms with Crippen molar-refractivity contribution in [2.75, 3.05) is 14.7 Å². The second-order valence-corrected chi connectivity index (χ2v) is 33.1. The van der Waals surface area contributed by atoms with Crippen molar-refractivity contribution in [3.63, 3.8) is 0 Å². The molecular weight excluding hydrogens is 1290 g/mol. The number of allylic oxidation sites excluding steroid dienone is 12. The maximum absolute atomic E-state index is 2.85. The van der Waals surface area contributed by atoms with E-state index >= 15 is 0 Å². The van der Waals surface area contributed by atoms with Gasteiger partial charge in [-0.3, -0.25) is 0 Å². The lowest BCUT2D eigenvalue weighted by atomic mass is 9.27. The standard InChI is InChI=1S/C102H87BN4/c1-101(2,3)78-57-75-35-36-76-58-79(102(4,5)6)62-89-88(60-77(59-78)98(75)99(76)89)74-45-56-94-91(61-74)103-90-55-54-84(107-92-33-21-19-31-86(92)87-32-20-22-34-93(87)107)63-95(90)106(83-52-43-73(44-53-83)69-29-17-10-18-30-69)97-65-85(64-96(100(97)103)105(94)82-50-41-72(42-51-82)68-27-15-9-16-28-68)104(80-46-37-70(38-47-80)66-23-11-7-12-24-66)81-48-39-71(40-49-81)67-25-13-8-14-26-67/h7-56,58-63,75,85,96-100H,57,64-65H2,1-6H3. The van der Waals surface area contributed by atoms with Gasteiger partial charge in [0.2, 0.25) is 6.71 Å². The Morgan fingerprint density at radius 2 is 0.841 bits per heavy atom. The molecule has 7 atom stereocenters. The van der Waals surface area contributed by atoms with E-state index in [4.69, 9.17) is 0 Å². The Morgan fingerprint density at radius 3 is 1.35 bits per heavy atom. The molecule has 7 aliphatic rings. The van der Waals surface area contributed by atoms with Crippen LogP contribution < -0.4 is 25.6 Å². The number of rotatable bonds is 11. The summed E-state index contributed by atoms with van der Waals surface area (Å²) in [6.45, 7) is 14.4. The summed E-state index contributed by atoms with van der Waals surface area (Å²) >= 11 is 0. The monoisotopic (exact) mass is 1380 g/mol. The molecule has 1 saturated carbocycles. The van der Waals surface area contributed by atoms with Crippen LogP contribution in [0.5, 0.6) is 0 Å². The van der Waals surface area contributed by atoms with Crippen molar-refractivity contribution < 1.29 is 0 Å². The van der Waals surface area contributed by atoms with Gasteiger partial charge in [0.05, 0.1) is 11.0 Å². The van der Waals surface area contributed by atoms with Gasteiger partial charge in [-0.2, -0.15) is 0 Å². The minimum absolute atomic E-state index is 0.00712. The van der Waals surface area contributed by atoms with Gasteiger partial charge in [0.25, 0.3) is 0 Å². The summed E-state index contributed by atoms with van der Waals surface area (Å²) in [6.07, 6.45) is 18.5. The number of aromatic nitrogens is 1. The molecule has 0 radical (unpaired) electrons. The summed E-state index contributed by atoms with van der Waals surface area (Å²) in [4.78, 5) is 8.44. The first kappa shape index (κ1) is 64.9. The summed E-state index contributed by atoms with van der Waals surface area (Å²) in [5.74, 6) is 1.21. The Morgan fingerprint density at radius 1 is 0.383 bits per heavy atom. The molecule has 0 N–H and O–H groups in total. The number of para-hydroxylation sites is 2. The van der Waals surface area contributed by atoms with Crippen LogP contribution in [0.2, 0.25) is 5.82 Å². The van der Waals surface area contributed by atoms with Crippen LogP contribution in [-0.4, -0.2) is 29.4 Å². The summed E-state index contributed by atoms with van der Waals surface area (Å²) in [5, 5.41) is 2.52. The second kappa shape index (κ2) is 25.6. The van der Waals surface area contributed by atoms with Crippen LogP contribution >= 0.6 is 0 Å². The average Bonchev–Trinajstić information content (AvgIpc) is 0.798. The Kier molecular flexibility index (Phi) is 15.5. The first-order chi connectivity index (χ1) is 52.3. The molecule has 0 amide bonds. The molecule has 1 fully saturated rings. The van der Waals surface area contributed by atoms with Crippen LogP contribution in [0.3, 0.4) is 0 Å². The molecule has 13 aromatic rings. The minimum Gasteiger partial charge on any atom is -0.339 e. The van der Waals surface area contributed by atoms with E-state index in [2.05, 4.69) is 401 Å². The summed E-state index contributed by atoms with van der Waals surface area (Å²) < 4.78 is 2.54. The van der Waals surface area contributed by atoms with Gasteiger partial charge in [-0.05, 0) is 204 Å². The van der Waals surface area contributed by atoms with E-state index in [9.17, 15) is 0 Å². The number of anilines is 6. The average molecular weight is 1380 g/mol. The van der Waals surface area contributed by atoms with Crippen LogP contribution in [0.15, 0.2) is 368 Å². The Balaban J connectivity index is 0.855. The van der Waals surface area contributed by atoms with Gasteiger partial charge in [-0.15, -0.1) is 0 Å². The van der Waals surface area contributed by atoms with E-state index in [0.29, 0.717) is 11.8 Å². The Bertz CT molecular complexity index is 5690. The van der Waals surface area contributed by atoms with E-state index in [1.54, 1.807) is 5.57 Å². The van der Waals surface area contributed by atoms with Gasteiger partial charge < -0.3 is 19.3 Å². The van der Waals surface area contributed by atoms with Gasteiger partial charge in [0.15, 0.2) is 0 Å². The lowest BCUT2D eigenvalue weighted by Gasteiger charge is -2.60. The quantitative estimate of drug-likeness (QED) is 0.120. The first-order valence-electron chi connectivity index (χ1n) is 38.9. The fourth-order valence-corrected chi connectivity index (χ4v) is 19.9. The Hall–Kier alpha value is -11.7. The maximum Gasteiger partial charge on any atom is 0.221 e. The van der Waals surface area contributed by atoms with Crippen LogP contribution in [0.4, 0.5) is 34.1 Å². The molecule has 107 heavy (non-hydrogen) atoms. The van der Waals surface area contributed by atoms with E-state index in [0.717, 1.165) is 24.9 Å². The van der Waals surface area contributed by atoms with Gasteiger partial charge >= 0.3 is 0 Å². The molecule has 0 saturated heterocycles. The fourth-order valence-electron chi connectivity index (χ4n) is 19.9. The molecule has 3 heterocycles. The molecule has 7 unspecified atom stereocenters. The summed E-state index contributed by atoms with van der Waals surface area (Å²) in [7, 11) is 0. The lowest BCUT2D eigenvalue weighted by molar-refractivity contribution is 0.328. The van der Waals surface area contributed by atoms with Gasteiger partial charge in [0, 0.05) is 80.5 Å². The third-order valence-electron chi connectivity index (χ3n) is 25.0. The van der Waals surface area contributed by atoms with E-state index in [1.807, 2.05) is 0 Å². The molecule has 0 spiro atoms. The third kappa shape index (κ3) is 11.1. The number of hydrogen-bond donors (Lipinski definition) is 0. The van der Waals surface area contributed by atoms with Crippen molar-refractivity contribution in [1.29, 1.82) is 0 Å². The number of fused-ring (bicyclic) bond motifs is 7. The molecule has 4 nitrogen and oxygen atoms in total. The molecule has 20 rings (SSSR count). The zero-order chi connectivity index (χ0) is 71.8. The first-order valence-corrected chi connectivity index (χ1v) is 38.9. The van der Waals surface area contributed by atoms with Crippen LogP contribution in [0.25, 0.3) is 77.6 Å². The molecule has 5 aliphatic carbocycles. The molecule has 518 valence electrons. The third-order valence-corrected chi connectivity index (χ3v) is 25.0. The molecule has 0 bridgehead atoms. The van der Waals surface area contributed by atoms with Crippen molar-refractivity contribution in [2.45, 2.75) is 84.7 Å². The lowest BCUT2D eigenvalue weighted by Crippen LogP contribution is -2.70. The highest BCUT2D eigenvalue weighted by atomic mass is 15.3. The van der Waals surface area contributed by atoms with Crippen LogP contribution in [0.1, 0.15) is 66.4 Å². The fraction of sp³-hybridized carbons (Fsp3) is 0.176. The van der Waals surface area contributed by atoms with Crippen molar-refractivity contribution in [3.05, 3.63) is 373 Å². The second-order valence-electron chi connectivity index (χ2n) is 33.1. The van der Waals surface area contributed by atoms with Crippen molar-refractivity contribution in [3.8, 4) is 50.2 Å².